The normalized spacial score (nSPS) is 10.6. The van der Waals surface area contributed by atoms with E-state index in [1.165, 1.54) is 0 Å². The number of nitrogens with zero attached hydrogens (tertiary/aromatic N) is 1. The number of para-hydroxylation sites is 1. The summed E-state index contributed by atoms with van der Waals surface area (Å²) in [5.41, 5.74) is 3.20. The Balaban J connectivity index is 2.18. The molecule has 0 amide bonds. The van der Waals surface area contributed by atoms with Gasteiger partial charge in [0, 0.05) is 20.8 Å². The van der Waals surface area contributed by atoms with Crippen molar-refractivity contribution in [2.45, 2.75) is 4.90 Å². The minimum Gasteiger partial charge on any atom is -0.354 e. The Bertz CT molecular complexity index is 784. The molecule has 4 heteroatoms. The minimum absolute atomic E-state index is 0.433. The zero-order valence-corrected chi connectivity index (χ0v) is 12.1. The molecule has 0 aliphatic heterocycles. The van der Waals surface area contributed by atoms with Crippen LogP contribution in [0.5, 0.6) is 0 Å². The maximum Gasteiger partial charge on any atom is 0.0856 e. The van der Waals surface area contributed by atoms with Gasteiger partial charge in [0.05, 0.1) is 17.5 Å². The molecule has 0 fully saturated rings. The Kier molecular flexibility index (Phi) is 3.68. The Morgan fingerprint density at radius 3 is 2.60 bits per heavy atom. The van der Waals surface area contributed by atoms with Crippen molar-refractivity contribution < 1.29 is 0 Å². The summed E-state index contributed by atoms with van der Waals surface area (Å²) < 4.78 is 0. The number of hydrogen-bond donors (Lipinski definition) is 1. The SMILES string of the molecule is N#CCSc1c(-c2ccc(Cl)cc2)[nH]c2ccccc12. The predicted molar refractivity (Wildman–Crippen MR) is 85.1 cm³/mol. The van der Waals surface area contributed by atoms with Crippen molar-refractivity contribution in [1.29, 1.82) is 5.26 Å². The molecular formula is C16H11ClN2S. The molecule has 0 aliphatic carbocycles. The highest BCUT2D eigenvalue weighted by molar-refractivity contribution is 7.99. The van der Waals surface area contributed by atoms with Crippen molar-refractivity contribution in [3.8, 4) is 17.3 Å². The number of fused-ring (bicyclic) bond motifs is 1. The van der Waals surface area contributed by atoms with Crippen LogP contribution in [0.25, 0.3) is 22.2 Å². The van der Waals surface area contributed by atoms with Crippen molar-refractivity contribution in [3.63, 3.8) is 0 Å². The van der Waals surface area contributed by atoms with Crippen LogP contribution in [0.15, 0.2) is 53.4 Å². The monoisotopic (exact) mass is 298 g/mol. The highest BCUT2D eigenvalue weighted by atomic mass is 35.5. The summed E-state index contributed by atoms with van der Waals surface area (Å²) in [6.07, 6.45) is 0. The largest absolute Gasteiger partial charge is 0.354 e. The number of aromatic amines is 1. The highest BCUT2D eigenvalue weighted by Crippen LogP contribution is 2.37. The molecule has 0 spiro atoms. The van der Waals surface area contributed by atoms with Gasteiger partial charge in [-0.05, 0) is 23.8 Å². The summed E-state index contributed by atoms with van der Waals surface area (Å²) >= 11 is 7.50. The fourth-order valence-corrected chi connectivity index (χ4v) is 3.17. The van der Waals surface area contributed by atoms with Gasteiger partial charge in [-0.15, -0.1) is 11.8 Å². The average molecular weight is 299 g/mol. The fraction of sp³-hybridized carbons (Fsp3) is 0.0625. The minimum atomic E-state index is 0.433. The average Bonchev–Trinajstić information content (AvgIpc) is 2.84. The molecule has 98 valence electrons. The van der Waals surface area contributed by atoms with Gasteiger partial charge in [0.2, 0.25) is 0 Å². The first kappa shape index (κ1) is 13.1. The van der Waals surface area contributed by atoms with Crippen molar-refractivity contribution in [3.05, 3.63) is 53.6 Å². The predicted octanol–water partition coefficient (Wildman–Crippen LogP) is 5.10. The van der Waals surface area contributed by atoms with E-state index < -0.39 is 0 Å². The third-order valence-corrected chi connectivity index (χ3v) is 4.31. The maximum atomic E-state index is 8.84. The lowest BCUT2D eigenvalue weighted by Crippen LogP contribution is -1.81. The van der Waals surface area contributed by atoms with E-state index in [1.807, 2.05) is 42.5 Å². The van der Waals surface area contributed by atoms with Crippen LogP contribution in [-0.2, 0) is 0 Å². The lowest BCUT2D eigenvalue weighted by atomic mass is 10.1. The van der Waals surface area contributed by atoms with Crippen LogP contribution in [0.2, 0.25) is 5.02 Å². The zero-order chi connectivity index (χ0) is 13.9. The summed E-state index contributed by atoms with van der Waals surface area (Å²) in [4.78, 5) is 4.55. The first-order chi connectivity index (χ1) is 9.79. The molecule has 0 saturated carbocycles. The van der Waals surface area contributed by atoms with Gasteiger partial charge in [0.1, 0.15) is 0 Å². The second kappa shape index (κ2) is 5.62. The number of nitrogens with one attached hydrogen (secondary N) is 1. The second-order valence-corrected chi connectivity index (χ2v) is 5.75. The molecule has 0 radical (unpaired) electrons. The number of thioether (sulfide) groups is 1. The molecule has 0 aliphatic rings. The molecule has 2 nitrogen and oxygen atoms in total. The molecular weight excluding hydrogens is 288 g/mol. The summed E-state index contributed by atoms with van der Waals surface area (Å²) in [5.74, 6) is 0.433. The number of H-pyrrole nitrogens is 1. The zero-order valence-electron chi connectivity index (χ0n) is 10.6. The number of nitriles is 1. The number of rotatable bonds is 3. The van der Waals surface area contributed by atoms with E-state index >= 15 is 0 Å². The quantitative estimate of drug-likeness (QED) is 0.683. The van der Waals surface area contributed by atoms with Gasteiger partial charge in [-0.2, -0.15) is 5.26 Å². The summed E-state index contributed by atoms with van der Waals surface area (Å²) in [7, 11) is 0. The molecule has 0 saturated heterocycles. The van der Waals surface area contributed by atoms with E-state index in [0.717, 1.165) is 32.1 Å². The maximum absolute atomic E-state index is 8.84. The van der Waals surface area contributed by atoms with Crippen molar-refractivity contribution in [1.82, 2.24) is 4.98 Å². The smallest absolute Gasteiger partial charge is 0.0856 e. The van der Waals surface area contributed by atoms with Gasteiger partial charge in [-0.25, -0.2) is 0 Å². The molecule has 0 bridgehead atoms. The van der Waals surface area contributed by atoms with E-state index in [2.05, 4.69) is 17.1 Å². The van der Waals surface area contributed by atoms with Crippen LogP contribution in [0.3, 0.4) is 0 Å². The standard InChI is InChI=1S/C16H11ClN2S/c17-12-7-5-11(6-8-12)15-16(20-10-9-18)13-3-1-2-4-14(13)19-15/h1-8,19H,10H2. The van der Waals surface area contributed by atoms with Gasteiger partial charge >= 0.3 is 0 Å². The molecule has 0 unspecified atom stereocenters. The van der Waals surface area contributed by atoms with Gasteiger partial charge in [-0.1, -0.05) is 41.9 Å². The van der Waals surface area contributed by atoms with Crippen LogP contribution < -0.4 is 0 Å². The molecule has 0 atom stereocenters. The second-order valence-electron chi connectivity index (χ2n) is 4.33. The molecule has 20 heavy (non-hydrogen) atoms. The number of halogens is 1. The topological polar surface area (TPSA) is 39.6 Å². The van der Waals surface area contributed by atoms with Crippen molar-refractivity contribution >= 4 is 34.3 Å². The Morgan fingerprint density at radius 1 is 1.10 bits per heavy atom. The van der Waals surface area contributed by atoms with Crippen LogP contribution >= 0.6 is 23.4 Å². The lowest BCUT2D eigenvalue weighted by Gasteiger charge is -2.03. The molecule has 2 aromatic carbocycles. The van der Waals surface area contributed by atoms with E-state index in [-0.39, 0.29) is 0 Å². The van der Waals surface area contributed by atoms with Gasteiger partial charge < -0.3 is 4.98 Å². The molecule has 3 rings (SSSR count). The Hall–Kier alpha value is -1.89. The summed E-state index contributed by atoms with van der Waals surface area (Å²) in [6, 6.07) is 18.1. The van der Waals surface area contributed by atoms with Crippen LogP contribution in [-0.4, -0.2) is 10.7 Å². The molecule has 1 N–H and O–H groups in total. The fourth-order valence-electron chi connectivity index (χ4n) is 2.19. The van der Waals surface area contributed by atoms with Crippen LogP contribution in [0, 0.1) is 11.3 Å². The lowest BCUT2D eigenvalue weighted by molar-refractivity contribution is 1.39. The van der Waals surface area contributed by atoms with E-state index in [9.17, 15) is 0 Å². The van der Waals surface area contributed by atoms with Gasteiger partial charge in [0.25, 0.3) is 0 Å². The summed E-state index contributed by atoms with van der Waals surface area (Å²) in [5, 5.41) is 10.7. The van der Waals surface area contributed by atoms with E-state index in [1.54, 1.807) is 11.8 Å². The Morgan fingerprint density at radius 2 is 1.85 bits per heavy atom. The first-order valence-corrected chi connectivity index (χ1v) is 7.52. The van der Waals surface area contributed by atoms with E-state index in [4.69, 9.17) is 16.9 Å². The van der Waals surface area contributed by atoms with Crippen molar-refractivity contribution in [2.24, 2.45) is 0 Å². The third-order valence-electron chi connectivity index (χ3n) is 3.07. The van der Waals surface area contributed by atoms with Gasteiger partial charge in [0.15, 0.2) is 0 Å². The van der Waals surface area contributed by atoms with Crippen LogP contribution in [0.1, 0.15) is 0 Å². The van der Waals surface area contributed by atoms with Gasteiger partial charge in [-0.3, -0.25) is 0 Å². The third kappa shape index (κ3) is 2.40. The van der Waals surface area contributed by atoms with Crippen molar-refractivity contribution in [2.75, 3.05) is 5.75 Å². The Labute approximate surface area is 126 Å². The first-order valence-electron chi connectivity index (χ1n) is 6.16. The summed E-state index contributed by atoms with van der Waals surface area (Å²) in [6.45, 7) is 0. The van der Waals surface area contributed by atoms with Crippen LogP contribution in [0.4, 0.5) is 0 Å². The molecule has 1 aromatic heterocycles. The number of benzene rings is 2. The number of hydrogen-bond acceptors (Lipinski definition) is 2. The molecule has 1 heterocycles. The highest BCUT2D eigenvalue weighted by Gasteiger charge is 2.13. The number of aromatic nitrogens is 1. The van der Waals surface area contributed by atoms with E-state index in [0.29, 0.717) is 5.75 Å². The molecule has 3 aromatic rings.